The Bertz CT molecular complexity index is 1320. The smallest absolute Gasteiger partial charge is 0.293 e. The number of nitrogens with zero attached hydrogens (tertiary/aromatic N) is 2. The lowest BCUT2D eigenvalue weighted by Gasteiger charge is -2.05. The molecule has 2 aromatic carbocycles. The lowest BCUT2D eigenvalue weighted by molar-refractivity contribution is -0.384. The van der Waals surface area contributed by atoms with Crippen LogP contribution in [0.15, 0.2) is 74.9 Å². The van der Waals surface area contributed by atoms with Crippen molar-refractivity contribution in [1.82, 2.24) is 10.3 Å². The van der Waals surface area contributed by atoms with Gasteiger partial charge in [0.15, 0.2) is 16.0 Å². The van der Waals surface area contributed by atoms with Crippen molar-refractivity contribution in [2.24, 2.45) is 0 Å². The van der Waals surface area contributed by atoms with Crippen molar-refractivity contribution in [1.29, 1.82) is 0 Å². The Morgan fingerprint density at radius 3 is 2.66 bits per heavy atom. The molecule has 8 nitrogen and oxygen atoms in total. The van der Waals surface area contributed by atoms with Crippen molar-refractivity contribution in [2.45, 2.75) is 0 Å². The van der Waals surface area contributed by atoms with Crippen LogP contribution in [-0.4, -0.2) is 20.9 Å². The second-order valence-electron chi connectivity index (χ2n) is 6.42. The molecule has 0 saturated heterocycles. The minimum Gasteiger partial charge on any atom is -0.451 e. The van der Waals surface area contributed by atoms with Gasteiger partial charge in [-0.15, -0.1) is 11.3 Å². The first kappa shape index (κ1) is 21.8. The van der Waals surface area contributed by atoms with Gasteiger partial charge >= 0.3 is 0 Å². The molecular weight excluding hydrogens is 516 g/mol. The predicted octanol–water partition coefficient (Wildman–Crippen LogP) is 5.87. The Labute approximate surface area is 199 Å². The maximum Gasteiger partial charge on any atom is 0.293 e. The monoisotopic (exact) mass is 528 g/mol. The number of aromatic nitrogens is 1. The third-order valence-corrected chi connectivity index (χ3v) is 5.75. The Hall–Kier alpha value is -3.41. The third-order valence-electron chi connectivity index (χ3n) is 4.26. The first-order valence-electron chi connectivity index (χ1n) is 9.07. The highest BCUT2D eigenvalue weighted by Crippen LogP contribution is 2.27. The van der Waals surface area contributed by atoms with Gasteiger partial charge in [0.25, 0.3) is 11.6 Å². The summed E-state index contributed by atoms with van der Waals surface area (Å²) >= 11 is 9.96. The number of nitro benzene ring substituents is 1. The molecule has 160 valence electrons. The van der Waals surface area contributed by atoms with E-state index in [9.17, 15) is 14.9 Å². The number of furan rings is 1. The molecular formula is C21H13BrN4O4S2. The molecule has 0 spiro atoms. The van der Waals surface area contributed by atoms with E-state index in [1.54, 1.807) is 18.2 Å². The van der Waals surface area contributed by atoms with Crippen LogP contribution in [0, 0.1) is 10.1 Å². The number of hydrogen-bond acceptors (Lipinski definition) is 7. The molecule has 0 fully saturated rings. The van der Waals surface area contributed by atoms with Gasteiger partial charge in [-0.2, -0.15) is 0 Å². The average Bonchev–Trinajstić information content (AvgIpc) is 3.44. The SMILES string of the molecule is O=C(NC(=S)Nc1nc(-c2ccc(Br)cc2)cs1)c1ccc(-c2cccc([N+](=O)[O-])c2)o1. The minimum atomic E-state index is -0.552. The van der Waals surface area contributed by atoms with Crippen molar-refractivity contribution in [2.75, 3.05) is 5.32 Å². The van der Waals surface area contributed by atoms with Gasteiger partial charge in [0, 0.05) is 33.1 Å². The van der Waals surface area contributed by atoms with Crippen molar-refractivity contribution < 1.29 is 14.1 Å². The molecule has 0 aliphatic rings. The Balaban J connectivity index is 1.39. The van der Waals surface area contributed by atoms with Crippen LogP contribution in [0.1, 0.15) is 10.6 Å². The molecule has 32 heavy (non-hydrogen) atoms. The number of benzene rings is 2. The lowest BCUT2D eigenvalue weighted by Crippen LogP contribution is -2.33. The first-order chi connectivity index (χ1) is 15.4. The number of hydrogen-bond donors (Lipinski definition) is 2. The number of amides is 1. The molecule has 1 amide bonds. The van der Waals surface area contributed by atoms with Gasteiger partial charge in [-0.25, -0.2) is 4.98 Å². The summed E-state index contributed by atoms with van der Waals surface area (Å²) in [5.41, 5.74) is 2.16. The van der Waals surface area contributed by atoms with E-state index in [2.05, 4.69) is 31.5 Å². The van der Waals surface area contributed by atoms with Crippen LogP contribution in [0.2, 0.25) is 0 Å². The van der Waals surface area contributed by atoms with Crippen LogP contribution in [0.4, 0.5) is 10.8 Å². The highest BCUT2D eigenvalue weighted by Gasteiger charge is 2.16. The number of nitrogens with one attached hydrogen (secondary N) is 2. The summed E-state index contributed by atoms with van der Waals surface area (Å²) in [4.78, 5) is 27.4. The van der Waals surface area contributed by atoms with Crippen LogP contribution in [0.25, 0.3) is 22.6 Å². The largest absolute Gasteiger partial charge is 0.451 e. The lowest BCUT2D eigenvalue weighted by atomic mass is 10.1. The van der Waals surface area contributed by atoms with E-state index in [4.69, 9.17) is 16.6 Å². The number of thiocarbonyl (C=S) groups is 1. The summed E-state index contributed by atoms with van der Waals surface area (Å²) in [5.74, 6) is -0.203. The van der Waals surface area contributed by atoms with Gasteiger partial charge in [-0.3, -0.25) is 20.2 Å². The maximum absolute atomic E-state index is 12.5. The van der Waals surface area contributed by atoms with E-state index in [0.29, 0.717) is 16.5 Å². The van der Waals surface area contributed by atoms with Crippen molar-refractivity contribution >= 4 is 61.3 Å². The van der Waals surface area contributed by atoms with Gasteiger partial charge in [-0.05, 0) is 36.5 Å². The molecule has 11 heteroatoms. The third kappa shape index (κ3) is 5.07. The second-order valence-corrected chi connectivity index (χ2v) is 8.61. The zero-order chi connectivity index (χ0) is 22.7. The number of carbonyl (C=O) groups is 1. The normalized spacial score (nSPS) is 10.5. The summed E-state index contributed by atoms with van der Waals surface area (Å²) in [5, 5.41) is 18.9. The van der Waals surface area contributed by atoms with Gasteiger partial charge in [-0.1, -0.05) is 40.2 Å². The number of halogens is 1. The molecule has 4 aromatic rings. The molecule has 0 aliphatic heterocycles. The molecule has 0 radical (unpaired) electrons. The highest BCUT2D eigenvalue weighted by atomic mass is 79.9. The summed E-state index contributed by atoms with van der Waals surface area (Å²) in [6.45, 7) is 0. The Morgan fingerprint density at radius 2 is 1.91 bits per heavy atom. The molecule has 2 N–H and O–H groups in total. The fraction of sp³-hybridized carbons (Fsp3) is 0. The zero-order valence-corrected chi connectivity index (χ0v) is 19.3. The molecule has 0 bridgehead atoms. The number of non-ortho nitro benzene ring substituents is 1. The van der Waals surface area contributed by atoms with Gasteiger partial charge in [0.1, 0.15) is 5.76 Å². The van der Waals surface area contributed by atoms with Gasteiger partial charge in [0.05, 0.1) is 10.6 Å². The predicted molar refractivity (Wildman–Crippen MR) is 130 cm³/mol. The fourth-order valence-electron chi connectivity index (χ4n) is 2.77. The van der Waals surface area contributed by atoms with Crippen LogP contribution in [-0.2, 0) is 0 Å². The van der Waals surface area contributed by atoms with E-state index in [1.165, 1.54) is 29.5 Å². The fourth-order valence-corrected chi connectivity index (χ4v) is 4.01. The van der Waals surface area contributed by atoms with E-state index in [1.807, 2.05) is 29.6 Å². The minimum absolute atomic E-state index is 0.0188. The Kier molecular flexibility index (Phi) is 6.40. The number of carbonyl (C=O) groups excluding carboxylic acids is 1. The highest BCUT2D eigenvalue weighted by molar-refractivity contribution is 9.10. The topological polar surface area (TPSA) is 110 Å². The molecule has 4 rings (SSSR count). The van der Waals surface area contributed by atoms with Crippen molar-refractivity contribution in [3.8, 4) is 22.6 Å². The number of thiazole rings is 1. The number of anilines is 1. The quantitative estimate of drug-likeness (QED) is 0.189. The molecule has 2 heterocycles. The van der Waals surface area contributed by atoms with Crippen LogP contribution in [0.5, 0.6) is 0 Å². The number of nitro groups is 1. The number of rotatable bonds is 5. The van der Waals surface area contributed by atoms with Crippen molar-refractivity contribution in [3.05, 3.63) is 86.4 Å². The summed E-state index contributed by atoms with van der Waals surface area (Å²) in [6, 6.07) is 16.7. The summed E-state index contributed by atoms with van der Waals surface area (Å²) in [7, 11) is 0. The molecule has 0 saturated carbocycles. The maximum atomic E-state index is 12.5. The van der Waals surface area contributed by atoms with E-state index < -0.39 is 10.8 Å². The summed E-state index contributed by atoms with van der Waals surface area (Å²) in [6.07, 6.45) is 0. The molecule has 0 aliphatic carbocycles. The molecule has 0 unspecified atom stereocenters. The molecule has 2 aromatic heterocycles. The summed E-state index contributed by atoms with van der Waals surface area (Å²) < 4.78 is 6.53. The molecule has 0 atom stereocenters. The first-order valence-corrected chi connectivity index (χ1v) is 11.2. The van der Waals surface area contributed by atoms with E-state index in [-0.39, 0.29) is 16.6 Å². The second kappa shape index (κ2) is 9.39. The Morgan fingerprint density at radius 1 is 1.12 bits per heavy atom. The van der Waals surface area contributed by atoms with Crippen LogP contribution in [0.3, 0.4) is 0 Å². The van der Waals surface area contributed by atoms with E-state index >= 15 is 0 Å². The van der Waals surface area contributed by atoms with Gasteiger partial charge in [0.2, 0.25) is 0 Å². The van der Waals surface area contributed by atoms with Gasteiger partial charge < -0.3 is 9.73 Å². The van der Waals surface area contributed by atoms with Crippen LogP contribution >= 0.6 is 39.5 Å². The zero-order valence-electron chi connectivity index (χ0n) is 16.1. The van der Waals surface area contributed by atoms with E-state index in [0.717, 1.165) is 15.7 Å². The van der Waals surface area contributed by atoms with Crippen LogP contribution < -0.4 is 10.6 Å². The average molecular weight is 529 g/mol. The standard InChI is InChI=1S/C21H13BrN4O4S2/c22-14-6-4-12(5-7-14)16-11-32-21(23-16)25-20(31)24-19(27)18-9-8-17(30-18)13-2-1-3-15(10-13)26(28)29/h1-11H,(H2,23,24,25,27,31). The van der Waals surface area contributed by atoms with Crippen molar-refractivity contribution in [3.63, 3.8) is 0 Å².